The summed E-state index contributed by atoms with van der Waals surface area (Å²) in [5.41, 5.74) is 15.1. The van der Waals surface area contributed by atoms with Gasteiger partial charge in [0, 0.05) is 29.4 Å². The van der Waals surface area contributed by atoms with Crippen LogP contribution in [0.5, 0.6) is 0 Å². The lowest BCUT2D eigenvalue weighted by molar-refractivity contribution is 1.23. The molecule has 35 heavy (non-hydrogen) atoms. The maximum atomic E-state index is 4.99. The van der Waals surface area contributed by atoms with Gasteiger partial charge in [0.15, 0.2) is 5.65 Å². The third-order valence-corrected chi connectivity index (χ3v) is 7.97. The maximum absolute atomic E-state index is 4.99. The third kappa shape index (κ3) is 2.15. The van der Waals surface area contributed by atoms with Gasteiger partial charge in [0.05, 0.1) is 11.0 Å². The highest BCUT2D eigenvalue weighted by atomic mass is 15.1. The summed E-state index contributed by atoms with van der Waals surface area (Å²) in [7, 11) is 0. The minimum atomic E-state index is 0.774. The van der Waals surface area contributed by atoms with Gasteiger partial charge in [-0.05, 0) is 93.1 Å². The Hall–Kier alpha value is -4.57. The number of hydrogen-bond donors (Lipinski definition) is 0. The highest BCUT2D eigenvalue weighted by Gasteiger charge is 2.29. The number of rotatable bonds is 0. The van der Waals surface area contributed by atoms with Gasteiger partial charge in [-0.15, -0.1) is 0 Å². The topological polar surface area (TPSA) is 43.1 Å². The number of nitrogens with zero attached hydrogens (tertiary/aromatic N) is 4. The van der Waals surface area contributed by atoms with E-state index < -0.39 is 0 Å². The molecule has 0 bridgehead atoms. The molecule has 0 N–H and O–H groups in total. The summed E-state index contributed by atoms with van der Waals surface area (Å²) >= 11 is 0. The van der Waals surface area contributed by atoms with Crippen molar-refractivity contribution in [3.63, 3.8) is 0 Å². The monoisotopic (exact) mass is 446 g/mol. The van der Waals surface area contributed by atoms with Crippen LogP contribution in [0.4, 0.5) is 0 Å². The molecule has 4 aromatic heterocycles. The highest BCUT2D eigenvalue weighted by molar-refractivity contribution is 6.15. The summed E-state index contributed by atoms with van der Waals surface area (Å²) in [5.74, 6) is 0. The van der Waals surface area contributed by atoms with Crippen molar-refractivity contribution in [3.8, 4) is 22.3 Å². The Labute approximate surface area is 200 Å². The van der Waals surface area contributed by atoms with Crippen molar-refractivity contribution in [1.82, 2.24) is 19.4 Å². The molecule has 0 amide bonds. The Morgan fingerprint density at radius 2 is 1.63 bits per heavy atom. The van der Waals surface area contributed by atoms with Gasteiger partial charge in [0.25, 0.3) is 0 Å². The lowest BCUT2D eigenvalue weighted by Gasteiger charge is -2.11. The summed E-state index contributed by atoms with van der Waals surface area (Å²) in [6.07, 6.45) is 7.64. The zero-order valence-corrected chi connectivity index (χ0v) is 18.8. The average Bonchev–Trinajstić information content (AvgIpc) is 3.58. The van der Waals surface area contributed by atoms with Gasteiger partial charge in [0.2, 0.25) is 0 Å². The lowest BCUT2D eigenvalue weighted by Crippen LogP contribution is -1.93. The standard InChI is InChI=1S/C31H18N4/c1-2-5-20-17(4-1)12-18-7-8-21-22-15-23-25(14-19(22)13-24(21)29(18)20)31-34-30-28(6-3-10-33-30)35(31)27-9-11-32-16-26(23)27/h1-11,14-16H,12-13H2. The average molecular weight is 447 g/mol. The fourth-order valence-electron chi connectivity index (χ4n) is 6.51. The summed E-state index contributed by atoms with van der Waals surface area (Å²) < 4.78 is 2.24. The predicted octanol–water partition coefficient (Wildman–Crippen LogP) is 6.73. The quantitative estimate of drug-likeness (QED) is 0.243. The van der Waals surface area contributed by atoms with Crippen molar-refractivity contribution < 1.29 is 0 Å². The molecule has 2 aliphatic carbocycles. The van der Waals surface area contributed by atoms with E-state index in [1.54, 1.807) is 0 Å². The minimum absolute atomic E-state index is 0.774. The van der Waals surface area contributed by atoms with Crippen molar-refractivity contribution in [3.05, 3.63) is 108 Å². The van der Waals surface area contributed by atoms with Crippen LogP contribution in [-0.2, 0) is 12.8 Å². The fraction of sp³-hybridized carbons (Fsp3) is 0.0645. The second-order valence-electron chi connectivity index (χ2n) is 9.70. The smallest absolute Gasteiger partial charge is 0.178 e. The first kappa shape index (κ1) is 17.8. The van der Waals surface area contributed by atoms with Crippen molar-refractivity contribution in [2.45, 2.75) is 12.8 Å². The second kappa shape index (κ2) is 6.10. The molecular weight excluding hydrogens is 428 g/mol. The van der Waals surface area contributed by atoms with Gasteiger partial charge in [-0.3, -0.25) is 9.38 Å². The van der Waals surface area contributed by atoms with E-state index in [4.69, 9.17) is 4.98 Å². The molecule has 0 spiro atoms. The number of aromatic nitrogens is 4. The molecular formula is C31H18N4. The predicted molar refractivity (Wildman–Crippen MR) is 140 cm³/mol. The molecule has 0 radical (unpaired) electrons. The molecule has 162 valence electrons. The molecule has 2 aliphatic rings. The van der Waals surface area contributed by atoms with E-state index in [1.165, 1.54) is 49.9 Å². The van der Waals surface area contributed by atoms with Crippen LogP contribution in [0.15, 0.2) is 85.3 Å². The molecule has 0 unspecified atom stereocenters. The zero-order chi connectivity index (χ0) is 22.7. The van der Waals surface area contributed by atoms with Crippen LogP contribution in [0.2, 0.25) is 0 Å². The first-order valence-electron chi connectivity index (χ1n) is 12.0. The molecule has 0 saturated carbocycles. The van der Waals surface area contributed by atoms with E-state index in [0.29, 0.717) is 0 Å². The Kier molecular flexibility index (Phi) is 3.11. The van der Waals surface area contributed by atoms with E-state index in [2.05, 4.69) is 75.0 Å². The first-order chi connectivity index (χ1) is 17.3. The second-order valence-corrected chi connectivity index (χ2v) is 9.70. The Morgan fingerprint density at radius 3 is 2.63 bits per heavy atom. The summed E-state index contributed by atoms with van der Waals surface area (Å²) in [6, 6.07) is 24.4. The molecule has 3 aromatic carbocycles. The Morgan fingerprint density at radius 1 is 0.657 bits per heavy atom. The van der Waals surface area contributed by atoms with E-state index in [-0.39, 0.29) is 0 Å². The summed E-state index contributed by atoms with van der Waals surface area (Å²) in [4.78, 5) is 14.0. The summed E-state index contributed by atoms with van der Waals surface area (Å²) in [6.45, 7) is 0. The SMILES string of the molecule is c1ccc2c(c1)Cc1ccc3c(c1-2)Cc1cc2c(cc1-3)c1cnccc1n1c3cccnc3nc21. The molecule has 7 aromatic rings. The van der Waals surface area contributed by atoms with Crippen LogP contribution < -0.4 is 0 Å². The van der Waals surface area contributed by atoms with E-state index >= 15 is 0 Å². The van der Waals surface area contributed by atoms with E-state index in [0.717, 1.165) is 45.9 Å². The summed E-state index contributed by atoms with van der Waals surface area (Å²) in [5, 5.41) is 3.50. The zero-order valence-electron chi connectivity index (χ0n) is 18.8. The molecule has 0 aliphatic heterocycles. The Bertz CT molecular complexity index is 2070. The van der Waals surface area contributed by atoms with Crippen LogP contribution in [0.25, 0.3) is 60.7 Å². The molecule has 4 heteroatoms. The minimum Gasteiger partial charge on any atom is -0.290 e. The lowest BCUT2D eigenvalue weighted by atomic mass is 9.95. The van der Waals surface area contributed by atoms with Crippen molar-refractivity contribution >= 4 is 38.5 Å². The molecule has 9 rings (SSSR count). The van der Waals surface area contributed by atoms with Gasteiger partial charge in [-0.1, -0.05) is 36.4 Å². The van der Waals surface area contributed by atoms with Crippen LogP contribution in [0, 0.1) is 0 Å². The van der Waals surface area contributed by atoms with E-state index in [1.807, 2.05) is 24.7 Å². The Balaban J connectivity index is 1.40. The van der Waals surface area contributed by atoms with Crippen LogP contribution in [0.1, 0.15) is 22.3 Å². The normalized spacial score (nSPS) is 13.5. The molecule has 0 atom stereocenters. The van der Waals surface area contributed by atoms with Gasteiger partial charge in [0.1, 0.15) is 5.65 Å². The van der Waals surface area contributed by atoms with Gasteiger partial charge in [-0.25, -0.2) is 9.97 Å². The number of benzene rings is 3. The van der Waals surface area contributed by atoms with Gasteiger partial charge >= 0.3 is 0 Å². The molecule has 4 nitrogen and oxygen atoms in total. The number of hydrogen-bond acceptors (Lipinski definition) is 3. The van der Waals surface area contributed by atoms with Crippen LogP contribution >= 0.6 is 0 Å². The van der Waals surface area contributed by atoms with Crippen LogP contribution in [0.3, 0.4) is 0 Å². The fourth-order valence-corrected chi connectivity index (χ4v) is 6.51. The molecule has 4 heterocycles. The van der Waals surface area contributed by atoms with Crippen molar-refractivity contribution in [2.75, 3.05) is 0 Å². The van der Waals surface area contributed by atoms with Crippen LogP contribution in [-0.4, -0.2) is 19.4 Å². The number of imidazole rings is 1. The molecule has 0 saturated heterocycles. The first-order valence-corrected chi connectivity index (χ1v) is 12.0. The third-order valence-electron chi connectivity index (χ3n) is 7.97. The van der Waals surface area contributed by atoms with Crippen molar-refractivity contribution in [1.29, 1.82) is 0 Å². The van der Waals surface area contributed by atoms with E-state index in [9.17, 15) is 0 Å². The molecule has 0 fully saturated rings. The van der Waals surface area contributed by atoms with Gasteiger partial charge < -0.3 is 0 Å². The largest absolute Gasteiger partial charge is 0.290 e. The maximum Gasteiger partial charge on any atom is 0.178 e. The number of pyridine rings is 3. The highest BCUT2D eigenvalue weighted by Crippen LogP contribution is 2.49. The van der Waals surface area contributed by atoms with Gasteiger partial charge in [-0.2, -0.15) is 0 Å². The number of fused-ring (bicyclic) bond motifs is 15. The van der Waals surface area contributed by atoms with Crippen molar-refractivity contribution in [2.24, 2.45) is 0 Å².